The van der Waals surface area contributed by atoms with E-state index in [1.807, 2.05) is 54.7 Å². The van der Waals surface area contributed by atoms with Gasteiger partial charge in [0.15, 0.2) is 11.5 Å². The number of hydrogen-bond acceptors (Lipinski definition) is 5. The minimum Gasteiger partial charge on any atom is -0.457 e. The lowest BCUT2D eigenvalue weighted by molar-refractivity contribution is 0.465. The van der Waals surface area contributed by atoms with Gasteiger partial charge in [0.2, 0.25) is 0 Å². The quantitative estimate of drug-likeness (QED) is 0.260. The van der Waals surface area contributed by atoms with Gasteiger partial charge in [0.1, 0.15) is 23.0 Å². The number of ether oxygens (including phenoxy) is 2. The molecule has 0 aliphatic carbocycles. The van der Waals surface area contributed by atoms with Gasteiger partial charge in [-0.05, 0) is 54.6 Å². The van der Waals surface area contributed by atoms with Crippen molar-refractivity contribution in [2.24, 2.45) is 0 Å². The Balaban J connectivity index is 1.22. The van der Waals surface area contributed by atoms with Crippen molar-refractivity contribution >= 4 is 38.9 Å². The summed E-state index contributed by atoms with van der Waals surface area (Å²) in [4.78, 5) is 9.15. The molecule has 0 spiro atoms. The molecule has 2 aliphatic heterocycles. The second-order valence-corrected chi connectivity index (χ2v) is 9.44. The Kier molecular flexibility index (Phi) is 4.11. The normalized spacial score (nSPS) is 13.5. The molecule has 0 amide bonds. The highest BCUT2D eigenvalue weighted by atomic mass is 16.5. The fraction of sp³-hybridized carbons (Fsp3) is 0.0645. The van der Waals surface area contributed by atoms with E-state index in [9.17, 15) is 0 Å². The zero-order valence-corrected chi connectivity index (χ0v) is 20.1. The molecule has 8 rings (SSSR count). The average molecular weight is 483 g/mol. The van der Waals surface area contributed by atoms with Crippen LogP contribution in [0.2, 0.25) is 0 Å². The summed E-state index contributed by atoms with van der Waals surface area (Å²) in [5, 5.41) is 2.35. The maximum absolute atomic E-state index is 6.43. The highest BCUT2D eigenvalue weighted by Gasteiger charge is 2.34. The van der Waals surface area contributed by atoms with Gasteiger partial charge in [-0.15, -0.1) is 0 Å². The zero-order chi connectivity index (χ0) is 24.5. The van der Waals surface area contributed by atoms with Crippen molar-refractivity contribution in [2.45, 2.75) is 0 Å². The molecule has 6 aromatic rings. The van der Waals surface area contributed by atoms with Crippen LogP contribution in [0.4, 0.5) is 17.1 Å². The van der Waals surface area contributed by atoms with Gasteiger partial charge in [-0.3, -0.25) is 4.57 Å². The van der Waals surface area contributed by atoms with Crippen LogP contribution in [0.15, 0.2) is 103 Å². The first-order chi connectivity index (χ1) is 18.2. The van der Waals surface area contributed by atoms with E-state index in [4.69, 9.17) is 9.47 Å². The van der Waals surface area contributed by atoms with Crippen molar-refractivity contribution < 1.29 is 9.47 Å². The molecule has 0 fully saturated rings. The van der Waals surface area contributed by atoms with E-state index in [0.717, 1.165) is 63.3 Å². The standard InChI is InChI=1S/C31H22N4O2/c1-33-19-34-27-18-21(13-15-28(27)37-29-10-6-9-25(33)31(29)34)36-20-12-14-23-22-7-2-3-8-24(22)35(26(23)17-20)30-11-4-5-16-32-30/h2-18H,19H2,1H3. The van der Waals surface area contributed by atoms with E-state index in [0.29, 0.717) is 0 Å². The largest absolute Gasteiger partial charge is 0.457 e. The molecule has 4 aromatic carbocycles. The van der Waals surface area contributed by atoms with Gasteiger partial charge in [-0.25, -0.2) is 4.98 Å². The van der Waals surface area contributed by atoms with E-state index < -0.39 is 0 Å². The molecule has 0 bridgehead atoms. The fourth-order valence-corrected chi connectivity index (χ4v) is 5.59. The van der Waals surface area contributed by atoms with Crippen molar-refractivity contribution in [3.05, 3.63) is 103 Å². The van der Waals surface area contributed by atoms with Gasteiger partial charge in [-0.2, -0.15) is 0 Å². The van der Waals surface area contributed by atoms with Crippen LogP contribution < -0.4 is 19.3 Å². The van der Waals surface area contributed by atoms with Crippen molar-refractivity contribution in [1.29, 1.82) is 0 Å². The number of nitrogens with zero attached hydrogens (tertiary/aromatic N) is 4. The van der Waals surface area contributed by atoms with Crippen LogP contribution in [-0.4, -0.2) is 23.3 Å². The Hall–Kier alpha value is -4.97. The van der Waals surface area contributed by atoms with Crippen LogP contribution in [0.25, 0.3) is 27.6 Å². The zero-order valence-electron chi connectivity index (χ0n) is 20.1. The van der Waals surface area contributed by atoms with E-state index in [-0.39, 0.29) is 0 Å². The molecule has 0 saturated heterocycles. The lowest BCUT2D eigenvalue weighted by atomic mass is 10.1. The smallest absolute Gasteiger partial charge is 0.153 e. The number of fused-ring (bicyclic) bond motifs is 5. The van der Waals surface area contributed by atoms with Crippen LogP contribution in [0, 0.1) is 0 Å². The minimum absolute atomic E-state index is 0.762. The van der Waals surface area contributed by atoms with E-state index in [1.165, 1.54) is 11.1 Å². The summed E-state index contributed by atoms with van der Waals surface area (Å²) in [6.45, 7) is 0.766. The summed E-state index contributed by atoms with van der Waals surface area (Å²) >= 11 is 0. The molecule has 6 heteroatoms. The Bertz CT molecular complexity index is 1840. The predicted octanol–water partition coefficient (Wildman–Crippen LogP) is 7.62. The maximum Gasteiger partial charge on any atom is 0.153 e. The van der Waals surface area contributed by atoms with E-state index >= 15 is 0 Å². The molecular formula is C31H22N4O2. The molecule has 178 valence electrons. The summed E-state index contributed by atoms with van der Waals surface area (Å²) in [5.74, 6) is 4.12. The highest BCUT2D eigenvalue weighted by Crippen LogP contribution is 2.54. The van der Waals surface area contributed by atoms with Gasteiger partial charge in [0, 0.05) is 36.1 Å². The van der Waals surface area contributed by atoms with E-state index in [2.05, 4.69) is 74.9 Å². The van der Waals surface area contributed by atoms with Gasteiger partial charge in [-0.1, -0.05) is 30.3 Å². The first-order valence-corrected chi connectivity index (χ1v) is 12.3. The third-order valence-electron chi connectivity index (χ3n) is 7.21. The summed E-state index contributed by atoms with van der Waals surface area (Å²) in [5.41, 5.74) is 5.45. The third kappa shape index (κ3) is 2.96. The molecule has 4 heterocycles. The summed E-state index contributed by atoms with van der Waals surface area (Å²) in [7, 11) is 2.10. The number of rotatable bonds is 3. The number of para-hydroxylation sites is 2. The van der Waals surface area contributed by atoms with Crippen LogP contribution in [0.5, 0.6) is 23.0 Å². The van der Waals surface area contributed by atoms with Crippen molar-refractivity contribution in [3.63, 3.8) is 0 Å². The van der Waals surface area contributed by atoms with Crippen LogP contribution in [0.1, 0.15) is 0 Å². The van der Waals surface area contributed by atoms with E-state index in [1.54, 1.807) is 0 Å². The first-order valence-electron chi connectivity index (χ1n) is 12.3. The van der Waals surface area contributed by atoms with Crippen molar-refractivity contribution in [2.75, 3.05) is 23.5 Å². The van der Waals surface area contributed by atoms with Crippen molar-refractivity contribution in [1.82, 2.24) is 9.55 Å². The number of benzene rings is 4. The van der Waals surface area contributed by atoms with Crippen molar-refractivity contribution in [3.8, 4) is 28.8 Å². The Morgan fingerprint density at radius 1 is 0.730 bits per heavy atom. The van der Waals surface area contributed by atoms with Gasteiger partial charge >= 0.3 is 0 Å². The fourth-order valence-electron chi connectivity index (χ4n) is 5.59. The molecule has 0 atom stereocenters. The second kappa shape index (κ2) is 7.51. The minimum atomic E-state index is 0.762. The van der Waals surface area contributed by atoms with Crippen LogP contribution in [-0.2, 0) is 0 Å². The topological polar surface area (TPSA) is 42.8 Å². The molecular weight excluding hydrogens is 460 g/mol. The molecule has 2 aliphatic rings. The van der Waals surface area contributed by atoms with Gasteiger partial charge in [0.25, 0.3) is 0 Å². The first kappa shape index (κ1) is 20.2. The third-order valence-corrected chi connectivity index (χ3v) is 7.21. The average Bonchev–Trinajstić information content (AvgIpc) is 3.45. The SMILES string of the molecule is CN1CN2c3cc(Oc4ccc5c6ccccc6n(-c6ccccn6)c5c4)ccc3Oc3cccc1c32. The molecule has 0 unspecified atom stereocenters. The Morgan fingerprint density at radius 2 is 1.57 bits per heavy atom. The molecule has 0 saturated carbocycles. The lowest BCUT2D eigenvalue weighted by Crippen LogP contribution is -2.25. The van der Waals surface area contributed by atoms with Crippen LogP contribution >= 0.6 is 0 Å². The molecule has 0 N–H and O–H groups in total. The second-order valence-electron chi connectivity index (χ2n) is 9.44. The van der Waals surface area contributed by atoms with Gasteiger partial charge < -0.3 is 19.3 Å². The molecule has 0 radical (unpaired) electrons. The summed E-state index contributed by atoms with van der Waals surface area (Å²) < 4.78 is 14.9. The molecule has 37 heavy (non-hydrogen) atoms. The molecule has 2 aromatic heterocycles. The number of hydrogen-bond donors (Lipinski definition) is 0. The monoisotopic (exact) mass is 482 g/mol. The molecule has 6 nitrogen and oxygen atoms in total. The lowest BCUT2D eigenvalue weighted by Gasteiger charge is -2.28. The maximum atomic E-state index is 6.43. The Morgan fingerprint density at radius 3 is 2.49 bits per heavy atom. The summed E-state index contributed by atoms with van der Waals surface area (Å²) in [6, 6.07) is 32.9. The number of pyridine rings is 1. The number of anilines is 3. The Labute approximate surface area is 213 Å². The predicted molar refractivity (Wildman–Crippen MR) is 147 cm³/mol. The van der Waals surface area contributed by atoms with Gasteiger partial charge in [0.05, 0.1) is 29.1 Å². The summed E-state index contributed by atoms with van der Waals surface area (Å²) in [6.07, 6.45) is 1.82. The highest BCUT2D eigenvalue weighted by molar-refractivity contribution is 6.09. The van der Waals surface area contributed by atoms with Crippen LogP contribution in [0.3, 0.4) is 0 Å². The number of aromatic nitrogens is 2.